The molecule has 2 aromatic heterocycles. The number of hydrogen-bond donors (Lipinski definition) is 1. The molecular formula is C20H15F3N4S2. The molecule has 1 aromatic carbocycles. The zero-order valence-corrected chi connectivity index (χ0v) is 16.8. The van der Waals surface area contributed by atoms with Gasteiger partial charge in [0, 0.05) is 17.1 Å². The first-order valence-corrected chi connectivity index (χ1v) is 10.0. The van der Waals surface area contributed by atoms with Gasteiger partial charge in [-0.25, -0.2) is 9.98 Å². The lowest BCUT2D eigenvalue weighted by molar-refractivity contribution is -0.0566. The number of nitrogens with two attached hydrogens (primary N) is 1. The quantitative estimate of drug-likeness (QED) is 0.583. The molecule has 0 saturated heterocycles. The first kappa shape index (κ1) is 19.8. The Morgan fingerprint density at radius 1 is 1.21 bits per heavy atom. The first-order chi connectivity index (χ1) is 13.8. The van der Waals surface area contributed by atoms with Gasteiger partial charge >= 0.3 is 6.18 Å². The van der Waals surface area contributed by atoms with Gasteiger partial charge in [-0.3, -0.25) is 4.98 Å². The minimum absolute atomic E-state index is 0.0261. The predicted molar refractivity (Wildman–Crippen MR) is 115 cm³/mol. The summed E-state index contributed by atoms with van der Waals surface area (Å²) in [5, 5.41) is 3.02. The lowest BCUT2D eigenvalue weighted by Gasteiger charge is -2.22. The SMILES string of the molecule is CC(C1=NC(N)C(=S)C(C(F)(F)F)=N1)c1cc2c(-c3ccccc3)csc2cn1. The van der Waals surface area contributed by atoms with Crippen LogP contribution in [-0.2, 0) is 0 Å². The average Bonchev–Trinajstić information content (AvgIpc) is 3.12. The van der Waals surface area contributed by atoms with Crippen molar-refractivity contribution in [1.82, 2.24) is 4.98 Å². The Balaban J connectivity index is 1.76. The smallest absolute Gasteiger partial charge is 0.305 e. The fourth-order valence-corrected chi connectivity index (χ4v) is 4.24. The molecule has 1 aliphatic heterocycles. The van der Waals surface area contributed by atoms with E-state index in [9.17, 15) is 13.2 Å². The summed E-state index contributed by atoms with van der Waals surface area (Å²) in [4.78, 5) is 11.7. The van der Waals surface area contributed by atoms with Gasteiger partial charge in [-0.05, 0) is 23.9 Å². The monoisotopic (exact) mass is 432 g/mol. The van der Waals surface area contributed by atoms with Crippen LogP contribution in [-0.4, -0.2) is 33.7 Å². The van der Waals surface area contributed by atoms with E-state index >= 15 is 0 Å². The number of pyridine rings is 1. The van der Waals surface area contributed by atoms with E-state index in [2.05, 4.69) is 15.0 Å². The van der Waals surface area contributed by atoms with Gasteiger partial charge in [-0.1, -0.05) is 42.5 Å². The number of alkyl halides is 3. The number of thiophene rings is 1. The largest absolute Gasteiger partial charge is 0.434 e. The fourth-order valence-electron chi connectivity index (χ4n) is 3.11. The van der Waals surface area contributed by atoms with Crippen molar-refractivity contribution in [3.8, 4) is 11.1 Å². The molecule has 3 heterocycles. The molecule has 3 aromatic rings. The molecule has 29 heavy (non-hydrogen) atoms. The Hall–Kier alpha value is -2.49. The van der Waals surface area contributed by atoms with Crippen LogP contribution >= 0.6 is 23.6 Å². The number of hydrogen-bond acceptors (Lipinski definition) is 6. The Morgan fingerprint density at radius 2 is 1.93 bits per heavy atom. The molecule has 4 nitrogen and oxygen atoms in total. The third-order valence-corrected chi connectivity index (χ3v) is 6.03. The van der Waals surface area contributed by atoms with Crippen molar-refractivity contribution in [3.05, 3.63) is 53.7 Å². The van der Waals surface area contributed by atoms with E-state index in [1.807, 2.05) is 41.8 Å². The molecule has 0 saturated carbocycles. The van der Waals surface area contributed by atoms with E-state index in [-0.39, 0.29) is 5.84 Å². The van der Waals surface area contributed by atoms with Crippen LogP contribution in [0.1, 0.15) is 18.5 Å². The Morgan fingerprint density at radius 3 is 2.62 bits per heavy atom. The van der Waals surface area contributed by atoms with E-state index in [0.717, 1.165) is 21.2 Å². The Labute approximate surface area is 174 Å². The van der Waals surface area contributed by atoms with Crippen LogP contribution in [0, 0.1) is 0 Å². The molecule has 0 radical (unpaired) electrons. The molecule has 148 valence electrons. The van der Waals surface area contributed by atoms with Gasteiger partial charge < -0.3 is 5.73 Å². The third-order valence-electron chi connectivity index (χ3n) is 4.67. The number of nitrogens with zero attached hydrogens (tertiary/aromatic N) is 3. The molecule has 4 rings (SSSR count). The molecule has 9 heteroatoms. The van der Waals surface area contributed by atoms with E-state index < -0.39 is 28.8 Å². The van der Waals surface area contributed by atoms with Crippen LogP contribution in [0.2, 0.25) is 0 Å². The number of halogens is 3. The zero-order valence-electron chi connectivity index (χ0n) is 15.1. The van der Waals surface area contributed by atoms with Crippen molar-refractivity contribution in [2.24, 2.45) is 15.7 Å². The van der Waals surface area contributed by atoms with Gasteiger partial charge in [0.2, 0.25) is 0 Å². The van der Waals surface area contributed by atoms with Gasteiger partial charge in [-0.2, -0.15) is 13.2 Å². The maximum absolute atomic E-state index is 13.3. The van der Waals surface area contributed by atoms with Crippen molar-refractivity contribution in [1.29, 1.82) is 0 Å². The molecule has 2 atom stereocenters. The lowest BCUT2D eigenvalue weighted by Crippen LogP contribution is -2.44. The molecule has 1 aliphatic rings. The van der Waals surface area contributed by atoms with Crippen LogP contribution < -0.4 is 5.73 Å². The molecule has 0 aliphatic carbocycles. The highest BCUT2D eigenvalue weighted by Crippen LogP contribution is 2.35. The predicted octanol–water partition coefficient (Wildman–Crippen LogP) is 5.14. The van der Waals surface area contributed by atoms with Crippen molar-refractivity contribution >= 4 is 50.1 Å². The van der Waals surface area contributed by atoms with Crippen LogP contribution in [0.25, 0.3) is 21.2 Å². The summed E-state index contributed by atoms with van der Waals surface area (Å²) in [6, 6.07) is 11.8. The second kappa shape index (κ2) is 7.40. The minimum Gasteiger partial charge on any atom is -0.305 e. The Bertz CT molecular complexity index is 1150. The molecular weight excluding hydrogens is 417 g/mol. The van der Waals surface area contributed by atoms with E-state index in [4.69, 9.17) is 18.0 Å². The topological polar surface area (TPSA) is 63.6 Å². The standard InChI is InChI=1S/C20H15F3N4S2/c1-10(19-26-17(20(21,22)23)16(28)18(24)27-19)14-7-12-13(9-29-15(12)8-25-14)11-5-3-2-4-6-11/h2-10,18H,24H2,1H3. The molecule has 2 N–H and O–H groups in total. The van der Waals surface area contributed by atoms with Gasteiger partial charge in [0.1, 0.15) is 12.0 Å². The number of aliphatic imine (C=N–C) groups is 2. The van der Waals surface area contributed by atoms with Gasteiger partial charge in [0.25, 0.3) is 0 Å². The van der Waals surface area contributed by atoms with E-state index in [1.165, 1.54) is 0 Å². The molecule has 2 unspecified atom stereocenters. The van der Waals surface area contributed by atoms with Crippen molar-refractivity contribution < 1.29 is 13.2 Å². The molecule has 0 amide bonds. The van der Waals surface area contributed by atoms with Crippen LogP contribution in [0.5, 0.6) is 0 Å². The van der Waals surface area contributed by atoms with Crippen molar-refractivity contribution in [2.75, 3.05) is 0 Å². The number of aromatic nitrogens is 1. The average molecular weight is 432 g/mol. The summed E-state index contributed by atoms with van der Waals surface area (Å²) in [5.41, 5.74) is 7.23. The van der Waals surface area contributed by atoms with Crippen LogP contribution in [0.15, 0.2) is 58.0 Å². The summed E-state index contributed by atoms with van der Waals surface area (Å²) in [6.07, 6.45) is -4.21. The fraction of sp³-hybridized carbons (Fsp3) is 0.200. The van der Waals surface area contributed by atoms with E-state index in [1.54, 1.807) is 24.5 Å². The number of benzene rings is 1. The zero-order chi connectivity index (χ0) is 20.8. The normalized spacial score (nSPS) is 18.5. The minimum atomic E-state index is -4.68. The van der Waals surface area contributed by atoms with Crippen LogP contribution in [0.3, 0.4) is 0 Å². The van der Waals surface area contributed by atoms with Crippen LogP contribution in [0.4, 0.5) is 13.2 Å². The highest BCUT2D eigenvalue weighted by molar-refractivity contribution is 7.82. The number of thiocarbonyl (C=S) groups is 1. The maximum Gasteiger partial charge on any atom is 0.434 e. The van der Waals surface area contributed by atoms with Crippen molar-refractivity contribution in [3.63, 3.8) is 0 Å². The summed E-state index contributed by atoms with van der Waals surface area (Å²) >= 11 is 6.34. The lowest BCUT2D eigenvalue weighted by atomic mass is 10.00. The third kappa shape index (κ3) is 3.73. The van der Waals surface area contributed by atoms with E-state index in [0.29, 0.717) is 5.69 Å². The highest BCUT2D eigenvalue weighted by Gasteiger charge is 2.42. The molecule has 0 bridgehead atoms. The number of fused-ring (bicyclic) bond motifs is 1. The summed E-state index contributed by atoms with van der Waals surface area (Å²) in [6.45, 7) is 1.71. The maximum atomic E-state index is 13.3. The first-order valence-electron chi connectivity index (χ1n) is 8.71. The molecule has 0 spiro atoms. The number of rotatable bonds is 3. The highest BCUT2D eigenvalue weighted by atomic mass is 32.1. The number of amidine groups is 1. The summed E-state index contributed by atoms with van der Waals surface area (Å²) < 4.78 is 40.8. The van der Waals surface area contributed by atoms with Gasteiger partial charge in [-0.15, -0.1) is 11.3 Å². The van der Waals surface area contributed by atoms with Gasteiger partial charge in [0.15, 0.2) is 5.71 Å². The molecule has 0 fully saturated rings. The summed E-state index contributed by atoms with van der Waals surface area (Å²) in [7, 11) is 0. The van der Waals surface area contributed by atoms with Gasteiger partial charge in [0.05, 0.1) is 21.2 Å². The van der Waals surface area contributed by atoms with Crippen molar-refractivity contribution in [2.45, 2.75) is 25.2 Å². The Kier molecular flexibility index (Phi) is 5.05. The summed E-state index contributed by atoms with van der Waals surface area (Å²) in [5.74, 6) is -0.601. The second-order valence-corrected chi connectivity index (χ2v) is 7.95. The second-order valence-electron chi connectivity index (χ2n) is 6.60.